The number of piperidine rings is 2. The third-order valence-corrected chi connectivity index (χ3v) is 13.6. The molecule has 1 saturated carbocycles. The van der Waals surface area contributed by atoms with Crippen LogP contribution < -0.4 is 16.4 Å². The van der Waals surface area contributed by atoms with E-state index in [0.717, 1.165) is 104 Å². The second-order valence-corrected chi connectivity index (χ2v) is 17.2. The average Bonchev–Trinajstić information content (AvgIpc) is 3.80. The number of halogens is 1. The number of thiocarbonyl (C=S) groups is 1. The van der Waals surface area contributed by atoms with Gasteiger partial charge < -0.3 is 25.8 Å². The van der Waals surface area contributed by atoms with Crippen molar-refractivity contribution in [2.75, 3.05) is 45.5 Å². The fraction of sp³-hybridized carbons (Fsp3) is 0.459. The standard InChI is InChI=1S/C37H44ClN7O3S3/c1-51(48)44-13-7-28(8-14-44)45-23-30(24-3-2-4-25(19-24)33(39)49)29-6-5-26(31(38)32(29)45)22-42-34(46)27-20-37(21-27)9-15-43(16-10-37)17-11-40-35(47)36-41-12-18-50-36/h2-6,12,18-19,23,27-28H,7-11,13-17,20-22H2,1H3,(H2,39,49)(H,40,47)(H,42,46). The van der Waals surface area contributed by atoms with Gasteiger partial charge in [0.2, 0.25) is 5.91 Å². The summed E-state index contributed by atoms with van der Waals surface area (Å²) in [5.74, 6) is -0.00480. The van der Waals surface area contributed by atoms with Gasteiger partial charge in [0.15, 0.2) is 5.01 Å². The fourth-order valence-corrected chi connectivity index (χ4v) is 9.85. The number of carbonyl (C=O) groups excluding carboxylic acids is 2. The molecule has 3 fully saturated rings. The van der Waals surface area contributed by atoms with E-state index in [-0.39, 0.29) is 29.2 Å². The molecule has 2 aromatic carbocycles. The molecular weight excluding hydrogens is 722 g/mol. The van der Waals surface area contributed by atoms with Crippen molar-refractivity contribution in [2.45, 2.75) is 51.1 Å². The Kier molecular flexibility index (Phi) is 10.9. The molecule has 1 atom stereocenters. The van der Waals surface area contributed by atoms with Crippen molar-refractivity contribution in [2.24, 2.45) is 17.1 Å². The lowest BCUT2D eigenvalue weighted by Gasteiger charge is -2.51. The molecule has 4 heterocycles. The van der Waals surface area contributed by atoms with Crippen molar-refractivity contribution < 1.29 is 13.8 Å². The van der Waals surface area contributed by atoms with E-state index in [2.05, 4.69) is 43.4 Å². The number of benzene rings is 2. The molecule has 4 N–H and O–H groups in total. The van der Waals surface area contributed by atoms with Crippen LogP contribution in [0.1, 0.15) is 65.5 Å². The number of hydrogen-bond acceptors (Lipinski definition) is 7. The number of carbonyl (C=O) groups is 2. The van der Waals surface area contributed by atoms with Crippen molar-refractivity contribution in [3.05, 3.63) is 75.3 Å². The summed E-state index contributed by atoms with van der Waals surface area (Å²) < 4.78 is 16.5. The Morgan fingerprint density at radius 3 is 2.57 bits per heavy atom. The second kappa shape index (κ2) is 15.4. The molecule has 14 heteroatoms. The zero-order chi connectivity index (χ0) is 35.7. The Labute approximate surface area is 315 Å². The van der Waals surface area contributed by atoms with Crippen LogP contribution in [0.25, 0.3) is 22.0 Å². The maximum absolute atomic E-state index is 13.4. The number of nitrogens with zero attached hydrogens (tertiary/aromatic N) is 4. The van der Waals surface area contributed by atoms with E-state index < -0.39 is 11.0 Å². The van der Waals surface area contributed by atoms with Crippen molar-refractivity contribution in [1.29, 1.82) is 0 Å². The van der Waals surface area contributed by atoms with E-state index in [4.69, 9.17) is 29.6 Å². The summed E-state index contributed by atoms with van der Waals surface area (Å²) in [4.78, 5) is 32.4. The summed E-state index contributed by atoms with van der Waals surface area (Å²) in [7, 11) is -0.993. The van der Waals surface area contributed by atoms with E-state index in [0.29, 0.717) is 28.1 Å². The van der Waals surface area contributed by atoms with Gasteiger partial charge in [-0.15, -0.1) is 11.3 Å². The summed E-state index contributed by atoms with van der Waals surface area (Å²) in [5.41, 5.74) is 10.9. The fourth-order valence-electron chi connectivity index (χ4n) is 8.12. The van der Waals surface area contributed by atoms with Gasteiger partial charge in [0.1, 0.15) is 4.99 Å². The molecule has 2 amide bonds. The van der Waals surface area contributed by atoms with Crippen LogP contribution in [0.2, 0.25) is 5.02 Å². The lowest BCUT2D eigenvalue weighted by molar-refractivity contribution is -0.135. The Morgan fingerprint density at radius 2 is 1.88 bits per heavy atom. The van der Waals surface area contributed by atoms with Crippen LogP contribution in [0.5, 0.6) is 0 Å². The van der Waals surface area contributed by atoms with E-state index in [1.165, 1.54) is 11.3 Å². The quantitative estimate of drug-likeness (QED) is 0.172. The number of fused-ring (bicyclic) bond motifs is 1. The maximum atomic E-state index is 13.4. The van der Waals surface area contributed by atoms with E-state index in [9.17, 15) is 13.8 Å². The number of amides is 2. The highest BCUT2D eigenvalue weighted by Gasteiger charge is 2.48. The number of thiazole rings is 1. The molecule has 2 aromatic heterocycles. The van der Waals surface area contributed by atoms with Gasteiger partial charge in [-0.1, -0.05) is 54.2 Å². The van der Waals surface area contributed by atoms with Crippen LogP contribution in [0.3, 0.4) is 0 Å². The third-order valence-electron chi connectivity index (χ3n) is 11.1. The maximum Gasteiger partial charge on any atom is 0.280 e. The van der Waals surface area contributed by atoms with Gasteiger partial charge >= 0.3 is 0 Å². The SMILES string of the molecule is CS(=O)N1CCC(n2cc(-c3cccc(C(N)=S)c3)c3ccc(CNC(=O)C4CC5(CCN(CCNC(=O)c6nccs6)CC5)C4)c(Cl)c32)CC1. The van der Waals surface area contributed by atoms with Gasteiger partial charge in [-0.3, -0.25) is 9.59 Å². The molecule has 1 spiro atoms. The van der Waals surface area contributed by atoms with Gasteiger partial charge in [-0.05, 0) is 74.2 Å². The van der Waals surface area contributed by atoms with E-state index in [1.54, 1.807) is 17.8 Å². The summed E-state index contributed by atoms with van der Waals surface area (Å²) in [6, 6.07) is 12.3. The highest BCUT2D eigenvalue weighted by atomic mass is 35.5. The Morgan fingerprint density at radius 1 is 1.12 bits per heavy atom. The Bertz CT molecular complexity index is 1940. The van der Waals surface area contributed by atoms with Crippen molar-refractivity contribution >= 4 is 73.8 Å². The van der Waals surface area contributed by atoms with E-state index in [1.807, 2.05) is 28.6 Å². The number of likely N-dealkylation sites (tertiary alicyclic amines) is 1. The smallest absolute Gasteiger partial charge is 0.280 e. The van der Waals surface area contributed by atoms with Crippen molar-refractivity contribution in [3.63, 3.8) is 0 Å². The largest absolute Gasteiger partial charge is 0.389 e. The number of aromatic nitrogens is 2. The zero-order valence-corrected chi connectivity index (χ0v) is 31.9. The first-order chi connectivity index (χ1) is 24.6. The molecule has 2 aliphatic heterocycles. The first-order valence-corrected chi connectivity index (χ1v) is 20.8. The molecule has 3 aliphatic rings. The number of hydrogen-bond donors (Lipinski definition) is 3. The summed E-state index contributed by atoms with van der Waals surface area (Å²) in [6.45, 7) is 5.25. The van der Waals surface area contributed by atoms with Gasteiger partial charge in [0.25, 0.3) is 5.91 Å². The molecule has 51 heavy (non-hydrogen) atoms. The second-order valence-electron chi connectivity index (χ2n) is 14.2. The molecule has 0 radical (unpaired) electrons. The predicted molar refractivity (Wildman–Crippen MR) is 209 cm³/mol. The van der Waals surface area contributed by atoms with Gasteiger partial charge in [0.05, 0.1) is 21.5 Å². The highest BCUT2D eigenvalue weighted by molar-refractivity contribution is 7.81. The number of rotatable bonds is 11. The van der Waals surface area contributed by atoms with Crippen molar-refractivity contribution in [3.8, 4) is 11.1 Å². The molecule has 2 saturated heterocycles. The number of nitrogens with one attached hydrogen (secondary N) is 2. The minimum Gasteiger partial charge on any atom is -0.389 e. The Balaban J connectivity index is 0.987. The summed E-state index contributed by atoms with van der Waals surface area (Å²) in [5, 5.41) is 10.2. The van der Waals surface area contributed by atoms with Gasteiger partial charge in [-0.2, -0.15) is 0 Å². The van der Waals surface area contributed by atoms with Crippen LogP contribution in [-0.4, -0.2) is 85.3 Å². The minimum atomic E-state index is -0.993. The van der Waals surface area contributed by atoms with Crippen LogP contribution in [0.4, 0.5) is 0 Å². The third kappa shape index (κ3) is 7.79. The summed E-state index contributed by atoms with van der Waals surface area (Å²) >= 11 is 13.9. The molecule has 0 bridgehead atoms. The lowest BCUT2D eigenvalue weighted by Crippen LogP contribution is -2.51. The Hall–Kier alpha value is -3.20. The minimum absolute atomic E-state index is 0.0160. The first-order valence-electron chi connectivity index (χ1n) is 17.6. The monoisotopic (exact) mass is 765 g/mol. The molecule has 4 aromatic rings. The molecule has 1 aliphatic carbocycles. The van der Waals surface area contributed by atoms with Gasteiger partial charge in [0, 0.05) is 85.2 Å². The van der Waals surface area contributed by atoms with Crippen LogP contribution >= 0.6 is 35.2 Å². The van der Waals surface area contributed by atoms with Crippen LogP contribution in [0, 0.1) is 11.3 Å². The topological polar surface area (TPSA) is 126 Å². The molecule has 1 unspecified atom stereocenters. The predicted octanol–water partition coefficient (Wildman–Crippen LogP) is 5.52. The molecule has 7 rings (SSSR count). The molecular formula is C37H44ClN7O3S3. The lowest BCUT2D eigenvalue weighted by atomic mass is 9.57. The molecule has 270 valence electrons. The van der Waals surface area contributed by atoms with Crippen LogP contribution in [-0.2, 0) is 22.3 Å². The zero-order valence-electron chi connectivity index (χ0n) is 28.7. The highest BCUT2D eigenvalue weighted by Crippen LogP contribution is 2.52. The number of nitrogens with two attached hydrogens (primary N) is 1. The van der Waals surface area contributed by atoms with Crippen LogP contribution in [0.15, 0.2) is 54.2 Å². The van der Waals surface area contributed by atoms with Crippen molar-refractivity contribution in [1.82, 2.24) is 29.4 Å². The van der Waals surface area contributed by atoms with Gasteiger partial charge in [-0.25, -0.2) is 13.5 Å². The average molecular weight is 766 g/mol. The normalized spacial score (nSPS) is 19.2. The first kappa shape index (κ1) is 36.2. The molecule has 10 nitrogen and oxygen atoms in total. The summed E-state index contributed by atoms with van der Waals surface area (Å²) in [6.07, 6.45) is 11.3. The van der Waals surface area contributed by atoms with E-state index >= 15 is 0 Å².